The van der Waals surface area contributed by atoms with Crippen molar-refractivity contribution in [2.24, 2.45) is 0 Å². The van der Waals surface area contributed by atoms with E-state index in [1.165, 1.54) is 18.0 Å². The predicted octanol–water partition coefficient (Wildman–Crippen LogP) is 5.15. The van der Waals surface area contributed by atoms with Crippen molar-refractivity contribution >= 4 is 29.2 Å². The predicted molar refractivity (Wildman–Crippen MR) is 107 cm³/mol. The molecule has 1 aromatic heterocycles. The first-order valence-electron chi connectivity index (χ1n) is 8.94. The normalized spacial score (nSPS) is 12.7. The Morgan fingerprint density at radius 2 is 1.97 bits per heavy atom. The van der Waals surface area contributed by atoms with Gasteiger partial charge in [-0.1, -0.05) is 18.9 Å². The Morgan fingerprint density at radius 3 is 2.62 bits per heavy atom. The number of hydrogen-bond donors (Lipinski definition) is 3. The van der Waals surface area contributed by atoms with E-state index in [2.05, 4.69) is 25.7 Å². The average molecular weight is 433 g/mol. The zero-order chi connectivity index (χ0) is 21.4. The molecule has 29 heavy (non-hydrogen) atoms. The van der Waals surface area contributed by atoms with Gasteiger partial charge >= 0.3 is 6.18 Å². The van der Waals surface area contributed by atoms with Crippen molar-refractivity contribution in [2.45, 2.75) is 32.9 Å². The molecule has 0 saturated carbocycles. The Labute approximate surface area is 170 Å². The van der Waals surface area contributed by atoms with E-state index in [0.29, 0.717) is 30.2 Å². The molecule has 0 radical (unpaired) electrons. The van der Waals surface area contributed by atoms with Gasteiger partial charge in [-0.15, -0.1) is 0 Å². The van der Waals surface area contributed by atoms with Gasteiger partial charge in [-0.05, 0) is 60.1 Å². The summed E-state index contributed by atoms with van der Waals surface area (Å²) in [5, 5.41) is 13.8. The van der Waals surface area contributed by atoms with Crippen LogP contribution in [0.25, 0.3) is 5.70 Å². The minimum atomic E-state index is -4.79. The van der Waals surface area contributed by atoms with Crippen LogP contribution >= 0.6 is 11.9 Å². The van der Waals surface area contributed by atoms with Crippen molar-refractivity contribution in [3.63, 3.8) is 0 Å². The van der Waals surface area contributed by atoms with Gasteiger partial charge in [0.15, 0.2) is 5.69 Å². The molecule has 0 aliphatic carbocycles. The smallest absolute Gasteiger partial charge is 0.365 e. The van der Waals surface area contributed by atoms with Gasteiger partial charge < -0.3 is 10.6 Å². The molecule has 0 spiro atoms. The van der Waals surface area contributed by atoms with Crippen LogP contribution in [0.2, 0.25) is 0 Å². The summed E-state index contributed by atoms with van der Waals surface area (Å²) < 4.78 is 60.6. The summed E-state index contributed by atoms with van der Waals surface area (Å²) in [7, 11) is 0. The zero-order valence-corrected chi connectivity index (χ0v) is 17.1. The number of halogens is 4. The molecule has 160 valence electrons. The second-order valence-electron chi connectivity index (χ2n) is 6.17. The molecule has 0 amide bonds. The number of anilines is 2. The third-order valence-electron chi connectivity index (χ3n) is 4.12. The molecule has 11 heteroatoms. The van der Waals surface area contributed by atoms with Crippen LogP contribution in [0, 0.1) is 5.82 Å². The van der Waals surface area contributed by atoms with Gasteiger partial charge in [0.05, 0.1) is 11.3 Å². The third-order valence-corrected chi connectivity index (χ3v) is 4.61. The number of hydrogen-bond acceptors (Lipinski definition) is 7. The molecular formula is C18H23F4N5OS. The lowest BCUT2D eigenvalue weighted by molar-refractivity contribution is -0.139. The lowest BCUT2D eigenvalue weighted by Gasteiger charge is -2.15. The fourth-order valence-corrected chi connectivity index (χ4v) is 2.80. The van der Waals surface area contributed by atoms with E-state index in [0.717, 1.165) is 30.7 Å². The standard InChI is InChI=1S/C18H23F4N5OS/c1-4-11(2)15(16-17(27-28-26-16)23-8-5-9-24-29-3)25-12-6-7-14(19)13(10-12)18(20,21)22/h6-7,10,24-25H,4-5,8-9H2,1-3H3,(H,23,27)/b15-11+. The van der Waals surface area contributed by atoms with Crippen LogP contribution in [-0.4, -0.2) is 29.7 Å². The highest BCUT2D eigenvalue weighted by atomic mass is 32.2. The number of nitrogens with zero attached hydrogens (tertiary/aromatic N) is 2. The van der Waals surface area contributed by atoms with Gasteiger partial charge in [-0.25, -0.2) is 9.02 Å². The first-order chi connectivity index (χ1) is 13.8. The maximum absolute atomic E-state index is 13.6. The lowest BCUT2D eigenvalue weighted by Crippen LogP contribution is -2.13. The average Bonchev–Trinajstić information content (AvgIpc) is 3.13. The van der Waals surface area contributed by atoms with Crippen LogP contribution in [-0.2, 0) is 6.18 Å². The van der Waals surface area contributed by atoms with Gasteiger partial charge in [0.1, 0.15) is 5.82 Å². The van der Waals surface area contributed by atoms with Crippen LogP contribution < -0.4 is 15.4 Å². The van der Waals surface area contributed by atoms with Crippen molar-refractivity contribution in [2.75, 3.05) is 30.0 Å². The highest BCUT2D eigenvalue weighted by Crippen LogP contribution is 2.34. The Hall–Kier alpha value is -2.27. The van der Waals surface area contributed by atoms with Gasteiger partial charge in [0.25, 0.3) is 0 Å². The van der Waals surface area contributed by atoms with Crippen molar-refractivity contribution in [1.82, 2.24) is 15.0 Å². The van der Waals surface area contributed by atoms with E-state index < -0.39 is 17.6 Å². The lowest BCUT2D eigenvalue weighted by atomic mass is 10.1. The zero-order valence-electron chi connectivity index (χ0n) is 16.3. The summed E-state index contributed by atoms with van der Waals surface area (Å²) in [5.74, 6) is -0.951. The van der Waals surface area contributed by atoms with Crippen LogP contribution in [0.15, 0.2) is 28.4 Å². The largest absolute Gasteiger partial charge is 0.419 e. The summed E-state index contributed by atoms with van der Waals surface area (Å²) in [5.41, 5.74) is 0.373. The molecule has 0 bridgehead atoms. The van der Waals surface area contributed by atoms with E-state index in [1.54, 1.807) is 0 Å². The maximum Gasteiger partial charge on any atom is 0.419 e. The molecule has 2 rings (SSSR count). The number of nitrogens with one attached hydrogen (secondary N) is 3. The molecule has 0 atom stereocenters. The number of alkyl halides is 3. The highest BCUT2D eigenvalue weighted by molar-refractivity contribution is 7.96. The fourth-order valence-electron chi connectivity index (χ4n) is 2.45. The van der Waals surface area contributed by atoms with Gasteiger partial charge in [0.2, 0.25) is 5.82 Å². The van der Waals surface area contributed by atoms with E-state index in [9.17, 15) is 17.6 Å². The molecule has 0 aliphatic heterocycles. The van der Waals surface area contributed by atoms with Crippen molar-refractivity contribution in [1.29, 1.82) is 0 Å². The fraction of sp³-hybridized carbons (Fsp3) is 0.444. The van der Waals surface area contributed by atoms with E-state index in [-0.39, 0.29) is 5.69 Å². The molecule has 0 fully saturated rings. The maximum atomic E-state index is 13.6. The van der Waals surface area contributed by atoms with Gasteiger partial charge in [0, 0.05) is 18.8 Å². The van der Waals surface area contributed by atoms with Crippen molar-refractivity contribution < 1.29 is 22.2 Å². The molecule has 0 saturated heterocycles. The second-order valence-corrected chi connectivity index (χ2v) is 6.86. The minimum Gasteiger partial charge on any atom is -0.365 e. The monoisotopic (exact) mass is 433 g/mol. The summed E-state index contributed by atoms with van der Waals surface area (Å²) in [4.78, 5) is 0. The van der Waals surface area contributed by atoms with Crippen molar-refractivity contribution in [3.05, 3.63) is 40.8 Å². The highest BCUT2D eigenvalue weighted by Gasteiger charge is 2.34. The number of aromatic nitrogens is 2. The third kappa shape index (κ3) is 6.36. The van der Waals surface area contributed by atoms with Crippen LogP contribution in [0.1, 0.15) is 37.9 Å². The molecule has 1 aromatic carbocycles. The Kier molecular flexibility index (Phi) is 8.32. The molecular weight excluding hydrogens is 410 g/mol. The summed E-state index contributed by atoms with van der Waals surface area (Å²) in [6.45, 7) is 5.11. The first kappa shape index (κ1) is 23.0. The molecule has 2 aromatic rings. The molecule has 3 N–H and O–H groups in total. The van der Waals surface area contributed by atoms with Crippen LogP contribution in [0.4, 0.5) is 29.1 Å². The van der Waals surface area contributed by atoms with Crippen LogP contribution in [0.3, 0.4) is 0 Å². The van der Waals surface area contributed by atoms with Crippen LogP contribution in [0.5, 0.6) is 0 Å². The molecule has 0 unspecified atom stereocenters. The van der Waals surface area contributed by atoms with Gasteiger partial charge in [-0.2, -0.15) is 13.2 Å². The first-order valence-corrected chi connectivity index (χ1v) is 10.2. The topological polar surface area (TPSA) is 75.0 Å². The van der Waals surface area contributed by atoms with E-state index in [4.69, 9.17) is 4.63 Å². The summed E-state index contributed by atoms with van der Waals surface area (Å²) in [6.07, 6.45) is -1.43. The molecule has 1 heterocycles. The summed E-state index contributed by atoms with van der Waals surface area (Å²) >= 11 is 1.52. The number of rotatable bonds is 10. The summed E-state index contributed by atoms with van der Waals surface area (Å²) in [6, 6.07) is 2.75. The quantitative estimate of drug-likeness (QED) is 0.272. The SMILES string of the molecule is CC/C(C)=C(/Nc1ccc(F)c(C(F)(F)F)c1)c1nonc1NCCCNSC. The minimum absolute atomic E-state index is 0.0830. The Balaban J connectivity index is 2.26. The van der Waals surface area contributed by atoms with Crippen molar-refractivity contribution in [3.8, 4) is 0 Å². The molecule has 0 aliphatic rings. The Bertz CT molecular complexity index is 838. The van der Waals surface area contributed by atoms with E-state index in [1.807, 2.05) is 20.1 Å². The molecule has 6 nitrogen and oxygen atoms in total. The number of benzene rings is 1. The van der Waals surface area contributed by atoms with Gasteiger partial charge in [-0.3, -0.25) is 4.72 Å². The number of allylic oxidation sites excluding steroid dienone is 1. The van der Waals surface area contributed by atoms with E-state index >= 15 is 0 Å². The Morgan fingerprint density at radius 1 is 1.21 bits per heavy atom. The second kappa shape index (κ2) is 10.5.